The summed E-state index contributed by atoms with van der Waals surface area (Å²) in [7, 11) is -1.61. The molecule has 0 unspecified atom stereocenters. The number of nitrogens with two attached hydrogens (primary N) is 1. The molecule has 0 saturated heterocycles. The Kier molecular flexibility index (Phi) is 5.52. The summed E-state index contributed by atoms with van der Waals surface area (Å²) in [5.41, 5.74) is 0.733. The van der Waals surface area contributed by atoms with Crippen molar-refractivity contribution in [3.05, 3.63) is 11.4 Å². The maximum Gasteiger partial charge on any atom is 0.209 e. The minimum absolute atomic E-state index is 0.0465. The van der Waals surface area contributed by atoms with Gasteiger partial charge in [-0.05, 0) is 13.3 Å². The van der Waals surface area contributed by atoms with Gasteiger partial charge in [0, 0.05) is 24.6 Å². The third-order valence-electron chi connectivity index (χ3n) is 2.95. The molecule has 4 N–H and O–H groups in total. The van der Waals surface area contributed by atoms with Crippen molar-refractivity contribution >= 4 is 21.7 Å². The largest absolute Gasteiger partial charge is 0.373 e. The fraction of sp³-hybridized carbons (Fsp3) is 0.692. The fourth-order valence-electron chi connectivity index (χ4n) is 1.75. The Morgan fingerprint density at radius 1 is 1.19 bits per heavy atom. The summed E-state index contributed by atoms with van der Waals surface area (Å²) in [6, 6.07) is 0. The number of sulfonamides is 1. The first-order valence-corrected chi connectivity index (χ1v) is 8.57. The highest BCUT2D eigenvalue weighted by Gasteiger charge is 2.20. The summed E-state index contributed by atoms with van der Waals surface area (Å²) < 4.78 is 21.8. The summed E-state index contributed by atoms with van der Waals surface area (Å²) in [6.45, 7) is 8.53. The summed E-state index contributed by atoms with van der Waals surface area (Å²) in [5.74, 6) is 2.17. The van der Waals surface area contributed by atoms with Crippen molar-refractivity contribution in [3.63, 3.8) is 0 Å². The lowest BCUT2D eigenvalue weighted by molar-refractivity contribution is 0.546. The van der Waals surface area contributed by atoms with Crippen LogP contribution in [-0.4, -0.2) is 37.7 Å². The van der Waals surface area contributed by atoms with Crippen LogP contribution in [0.1, 0.15) is 38.6 Å². The molecule has 0 aromatic carbocycles. The lowest BCUT2D eigenvalue weighted by Crippen LogP contribution is -2.21. The number of nitrogens with zero attached hydrogens (tertiary/aromatic N) is 2. The fourth-order valence-corrected chi connectivity index (χ4v) is 2.29. The highest BCUT2D eigenvalue weighted by atomic mass is 32.2. The van der Waals surface area contributed by atoms with Crippen LogP contribution in [0.15, 0.2) is 0 Å². The molecule has 1 rings (SSSR count). The van der Waals surface area contributed by atoms with E-state index in [0.29, 0.717) is 18.8 Å². The summed E-state index contributed by atoms with van der Waals surface area (Å²) >= 11 is 0. The Morgan fingerprint density at radius 3 is 2.24 bits per heavy atom. The molecule has 21 heavy (non-hydrogen) atoms. The normalized spacial score (nSPS) is 12.3. The first-order chi connectivity index (χ1) is 9.54. The van der Waals surface area contributed by atoms with E-state index in [1.165, 1.54) is 0 Å². The van der Waals surface area contributed by atoms with Crippen molar-refractivity contribution < 1.29 is 8.42 Å². The van der Waals surface area contributed by atoms with Gasteiger partial charge in [0.05, 0.1) is 5.75 Å². The molecule has 8 heteroatoms. The summed E-state index contributed by atoms with van der Waals surface area (Å²) in [4.78, 5) is 9.06. The van der Waals surface area contributed by atoms with Crippen LogP contribution in [0.4, 0.5) is 11.6 Å². The van der Waals surface area contributed by atoms with E-state index in [4.69, 9.17) is 5.14 Å². The van der Waals surface area contributed by atoms with Crippen LogP contribution >= 0.6 is 0 Å². The zero-order chi connectivity index (χ0) is 16.3. The molecule has 0 saturated carbocycles. The molecular weight excluding hydrogens is 290 g/mol. The SMILES string of the molecule is CNc1nc(C(C)(C)C)nc(NCCCS(N)(=O)=O)c1C. The van der Waals surface area contributed by atoms with Gasteiger partial charge in [0.1, 0.15) is 17.5 Å². The Hall–Kier alpha value is -1.41. The molecule has 0 bridgehead atoms. The second-order valence-corrected chi connectivity index (χ2v) is 7.75. The molecular formula is C13H25N5O2S. The van der Waals surface area contributed by atoms with Gasteiger partial charge in [-0.25, -0.2) is 23.5 Å². The second-order valence-electron chi connectivity index (χ2n) is 6.02. The number of hydrogen-bond donors (Lipinski definition) is 3. The van der Waals surface area contributed by atoms with Gasteiger partial charge >= 0.3 is 0 Å². The Labute approximate surface area is 126 Å². The predicted molar refractivity (Wildman–Crippen MR) is 86.1 cm³/mol. The number of aromatic nitrogens is 2. The van der Waals surface area contributed by atoms with Gasteiger partial charge in [-0.3, -0.25) is 0 Å². The Morgan fingerprint density at radius 2 is 1.76 bits per heavy atom. The second kappa shape index (κ2) is 6.57. The first-order valence-electron chi connectivity index (χ1n) is 6.86. The monoisotopic (exact) mass is 315 g/mol. The van der Waals surface area contributed by atoms with Crippen molar-refractivity contribution in [2.24, 2.45) is 5.14 Å². The highest BCUT2D eigenvalue weighted by Crippen LogP contribution is 2.25. The van der Waals surface area contributed by atoms with Crippen LogP contribution in [0.5, 0.6) is 0 Å². The molecule has 0 aliphatic rings. The van der Waals surface area contributed by atoms with Gasteiger partial charge in [-0.15, -0.1) is 0 Å². The smallest absolute Gasteiger partial charge is 0.209 e. The molecule has 0 aliphatic heterocycles. The number of nitrogens with one attached hydrogen (secondary N) is 2. The van der Waals surface area contributed by atoms with Crippen LogP contribution < -0.4 is 15.8 Å². The summed E-state index contributed by atoms with van der Waals surface area (Å²) in [6.07, 6.45) is 0.433. The van der Waals surface area contributed by atoms with Crippen LogP contribution in [0, 0.1) is 6.92 Å². The molecule has 0 radical (unpaired) electrons. The molecule has 120 valence electrons. The van der Waals surface area contributed by atoms with Crippen molar-refractivity contribution in [2.75, 3.05) is 30.0 Å². The lowest BCUT2D eigenvalue weighted by atomic mass is 9.95. The van der Waals surface area contributed by atoms with Crippen LogP contribution in [0.2, 0.25) is 0 Å². The molecule has 0 atom stereocenters. The van der Waals surface area contributed by atoms with Gasteiger partial charge in [-0.1, -0.05) is 20.8 Å². The quantitative estimate of drug-likeness (QED) is 0.681. The van der Waals surface area contributed by atoms with Gasteiger partial charge < -0.3 is 10.6 Å². The topological polar surface area (TPSA) is 110 Å². The van der Waals surface area contributed by atoms with E-state index in [2.05, 4.69) is 20.6 Å². The standard InChI is InChI=1S/C13H25N5O2S/c1-9-10(15-5)17-12(13(2,3)4)18-11(9)16-7-6-8-21(14,19)20/h6-8H2,1-5H3,(H2,14,19,20)(H2,15,16,17,18). The molecule has 1 heterocycles. The third-order valence-corrected chi connectivity index (χ3v) is 3.81. The summed E-state index contributed by atoms with van der Waals surface area (Å²) in [5, 5.41) is 11.2. The van der Waals surface area contributed by atoms with Crippen LogP contribution in [0.25, 0.3) is 0 Å². The van der Waals surface area contributed by atoms with E-state index in [9.17, 15) is 8.42 Å². The van der Waals surface area contributed by atoms with Gasteiger partial charge in [0.25, 0.3) is 0 Å². The molecule has 0 spiro atoms. The van der Waals surface area contributed by atoms with Crippen LogP contribution in [-0.2, 0) is 15.4 Å². The molecule has 1 aromatic heterocycles. The van der Waals surface area contributed by atoms with E-state index in [1.54, 1.807) is 0 Å². The maximum atomic E-state index is 10.9. The predicted octanol–water partition coefficient (Wildman–Crippen LogP) is 1.21. The highest BCUT2D eigenvalue weighted by molar-refractivity contribution is 7.89. The van der Waals surface area contributed by atoms with E-state index >= 15 is 0 Å². The van der Waals surface area contributed by atoms with Crippen molar-refractivity contribution in [3.8, 4) is 0 Å². The number of anilines is 2. The molecule has 0 amide bonds. The Bertz CT molecular complexity index is 593. The minimum atomic E-state index is -3.42. The van der Waals surface area contributed by atoms with Crippen molar-refractivity contribution in [1.29, 1.82) is 0 Å². The molecule has 1 aromatic rings. The molecule has 0 fully saturated rings. The Balaban J connectivity index is 2.90. The van der Waals surface area contributed by atoms with Crippen molar-refractivity contribution in [1.82, 2.24) is 9.97 Å². The first kappa shape index (κ1) is 17.6. The number of rotatable bonds is 6. The average molecular weight is 315 g/mol. The van der Waals surface area contributed by atoms with E-state index in [0.717, 1.165) is 17.2 Å². The third kappa shape index (κ3) is 5.47. The van der Waals surface area contributed by atoms with E-state index in [-0.39, 0.29) is 11.2 Å². The van der Waals surface area contributed by atoms with Gasteiger partial charge in [0.2, 0.25) is 10.0 Å². The number of primary sulfonamides is 1. The van der Waals surface area contributed by atoms with Gasteiger partial charge in [0.15, 0.2) is 0 Å². The van der Waals surface area contributed by atoms with Crippen LogP contribution in [0.3, 0.4) is 0 Å². The van der Waals surface area contributed by atoms with Gasteiger partial charge in [-0.2, -0.15) is 0 Å². The number of hydrogen-bond acceptors (Lipinski definition) is 6. The zero-order valence-electron chi connectivity index (χ0n) is 13.3. The molecule has 7 nitrogen and oxygen atoms in total. The molecule has 0 aliphatic carbocycles. The van der Waals surface area contributed by atoms with E-state index in [1.807, 2.05) is 34.7 Å². The average Bonchev–Trinajstić information content (AvgIpc) is 2.33. The van der Waals surface area contributed by atoms with E-state index < -0.39 is 10.0 Å². The zero-order valence-corrected chi connectivity index (χ0v) is 14.1. The lowest BCUT2D eigenvalue weighted by Gasteiger charge is -2.20. The van der Waals surface area contributed by atoms with Crippen molar-refractivity contribution in [2.45, 2.75) is 39.5 Å². The maximum absolute atomic E-state index is 10.9. The minimum Gasteiger partial charge on any atom is -0.373 e.